The smallest absolute Gasteiger partial charge is 0.254 e. The summed E-state index contributed by atoms with van der Waals surface area (Å²) in [6.45, 7) is 0.825. The van der Waals surface area contributed by atoms with E-state index in [2.05, 4.69) is 5.32 Å². The number of rotatable bonds is 4. The van der Waals surface area contributed by atoms with Crippen LogP contribution in [0.5, 0.6) is 0 Å². The first kappa shape index (κ1) is 15.5. The van der Waals surface area contributed by atoms with E-state index < -0.39 is 12.0 Å². The summed E-state index contributed by atoms with van der Waals surface area (Å²) in [6.07, 6.45) is 1.07. The molecule has 1 aliphatic heterocycles. The Labute approximate surface area is 133 Å². The Bertz CT molecular complexity index is 642. The van der Waals surface area contributed by atoms with E-state index in [0.717, 1.165) is 12.8 Å². The topological polar surface area (TPSA) is 102 Å². The predicted molar refractivity (Wildman–Crippen MR) is 82.6 cm³/mol. The molecule has 7 heteroatoms. The summed E-state index contributed by atoms with van der Waals surface area (Å²) in [4.78, 5) is 37.1. The molecule has 0 aromatic heterocycles. The molecule has 1 unspecified atom stereocenters. The van der Waals surface area contributed by atoms with Gasteiger partial charge in [0.15, 0.2) is 6.10 Å². The van der Waals surface area contributed by atoms with Gasteiger partial charge in [0.2, 0.25) is 11.8 Å². The van der Waals surface area contributed by atoms with Gasteiger partial charge in [-0.15, -0.1) is 0 Å². The van der Waals surface area contributed by atoms with Gasteiger partial charge in [0, 0.05) is 23.7 Å². The second kappa shape index (κ2) is 6.37. The quantitative estimate of drug-likeness (QED) is 0.837. The first-order chi connectivity index (χ1) is 11.0. The van der Waals surface area contributed by atoms with Crippen LogP contribution in [-0.2, 0) is 14.3 Å². The number of carbonyl (C=O) groups excluding carboxylic acids is 3. The second-order valence-electron chi connectivity index (χ2n) is 5.86. The molecule has 0 bridgehead atoms. The number of hydrogen-bond donors (Lipinski definition) is 2. The molecule has 0 spiro atoms. The van der Waals surface area contributed by atoms with Crippen LogP contribution in [0.15, 0.2) is 24.3 Å². The number of benzene rings is 1. The van der Waals surface area contributed by atoms with Gasteiger partial charge in [-0.1, -0.05) is 6.07 Å². The monoisotopic (exact) mass is 317 g/mol. The Kier molecular flexibility index (Phi) is 4.29. The van der Waals surface area contributed by atoms with Crippen molar-refractivity contribution in [1.82, 2.24) is 4.90 Å². The Hall–Kier alpha value is -2.41. The highest BCUT2D eigenvalue weighted by Gasteiger charge is 2.30. The van der Waals surface area contributed by atoms with E-state index in [1.807, 2.05) is 0 Å². The average molecular weight is 317 g/mol. The number of anilines is 1. The van der Waals surface area contributed by atoms with Crippen LogP contribution in [-0.4, -0.2) is 48.4 Å². The van der Waals surface area contributed by atoms with Gasteiger partial charge in [-0.05, 0) is 31.0 Å². The summed E-state index contributed by atoms with van der Waals surface area (Å²) < 4.78 is 5.24. The van der Waals surface area contributed by atoms with Crippen LogP contribution in [0.1, 0.15) is 23.2 Å². The number of nitrogens with two attached hydrogens (primary N) is 1. The Morgan fingerprint density at radius 3 is 2.74 bits per heavy atom. The van der Waals surface area contributed by atoms with E-state index in [9.17, 15) is 14.4 Å². The van der Waals surface area contributed by atoms with Crippen LogP contribution in [0.25, 0.3) is 0 Å². The maximum absolute atomic E-state index is 12.6. The fraction of sp³-hybridized carbons (Fsp3) is 0.438. The molecule has 3 amide bonds. The van der Waals surface area contributed by atoms with Gasteiger partial charge in [0.25, 0.3) is 5.91 Å². The van der Waals surface area contributed by atoms with Crippen LogP contribution >= 0.6 is 0 Å². The van der Waals surface area contributed by atoms with Crippen molar-refractivity contribution in [2.45, 2.75) is 18.9 Å². The maximum Gasteiger partial charge on any atom is 0.254 e. The Balaban J connectivity index is 1.69. The van der Waals surface area contributed by atoms with Gasteiger partial charge in [-0.2, -0.15) is 0 Å². The van der Waals surface area contributed by atoms with Crippen molar-refractivity contribution in [1.29, 1.82) is 0 Å². The highest BCUT2D eigenvalue weighted by atomic mass is 16.5. The standard InChI is InChI=1S/C16H19N3O4/c17-14(20)13-9-19(6-7-23-13)16(22)11-2-1-3-12(8-11)18-15(21)10-4-5-10/h1-3,8,10,13H,4-7,9H2,(H2,17,20)(H,18,21). The van der Waals surface area contributed by atoms with Crippen LogP contribution in [0.3, 0.4) is 0 Å². The number of nitrogens with zero attached hydrogens (tertiary/aromatic N) is 1. The minimum atomic E-state index is -0.773. The van der Waals surface area contributed by atoms with E-state index in [1.54, 1.807) is 29.2 Å². The first-order valence-corrected chi connectivity index (χ1v) is 7.65. The van der Waals surface area contributed by atoms with E-state index in [4.69, 9.17) is 10.5 Å². The van der Waals surface area contributed by atoms with Crippen molar-refractivity contribution in [2.24, 2.45) is 11.7 Å². The molecule has 2 aliphatic rings. The normalized spacial score (nSPS) is 20.9. The van der Waals surface area contributed by atoms with Crippen molar-refractivity contribution >= 4 is 23.4 Å². The molecule has 3 rings (SSSR count). The lowest BCUT2D eigenvalue weighted by Gasteiger charge is -2.31. The minimum absolute atomic E-state index is 0.00485. The summed E-state index contributed by atoms with van der Waals surface area (Å²) in [5.41, 5.74) is 6.30. The minimum Gasteiger partial charge on any atom is -0.367 e. The van der Waals surface area contributed by atoms with E-state index in [-0.39, 0.29) is 30.9 Å². The van der Waals surface area contributed by atoms with Gasteiger partial charge < -0.3 is 20.7 Å². The molecule has 1 aromatic rings. The highest BCUT2D eigenvalue weighted by molar-refractivity contribution is 5.98. The molecule has 7 nitrogen and oxygen atoms in total. The predicted octanol–water partition coefficient (Wildman–Crippen LogP) is 0.361. The van der Waals surface area contributed by atoms with Gasteiger partial charge >= 0.3 is 0 Å². The van der Waals surface area contributed by atoms with Crippen LogP contribution in [0, 0.1) is 5.92 Å². The Morgan fingerprint density at radius 1 is 1.26 bits per heavy atom. The second-order valence-corrected chi connectivity index (χ2v) is 5.86. The largest absolute Gasteiger partial charge is 0.367 e. The molecular formula is C16H19N3O4. The fourth-order valence-corrected chi connectivity index (χ4v) is 2.51. The zero-order valence-corrected chi connectivity index (χ0v) is 12.7. The highest BCUT2D eigenvalue weighted by Crippen LogP contribution is 2.30. The number of hydrogen-bond acceptors (Lipinski definition) is 4. The fourth-order valence-electron chi connectivity index (χ4n) is 2.51. The maximum atomic E-state index is 12.6. The zero-order valence-electron chi connectivity index (χ0n) is 12.7. The molecule has 23 heavy (non-hydrogen) atoms. The van der Waals surface area contributed by atoms with Gasteiger partial charge in [0.05, 0.1) is 13.2 Å². The number of ether oxygens (including phenoxy) is 1. The van der Waals surface area contributed by atoms with Crippen molar-refractivity contribution in [3.63, 3.8) is 0 Å². The van der Waals surface area contributed by atoms with Gasteiger partial charge in [0.1, 0.15) is 0 Å². The lowest BCUT2D eigenvalue weighted by Crippen LogP contribution is -2.50. The van der Waals surface area contributed by atoms with E-state index >= 15 is 0 Å². The lowest BCUT2D eigenvalue weighted by molar-refractivity contribution is -0.133. The third kappa shape index (κ3) is 3.68. The first-order valence-electron chi connectivity index (χ1n) is 7.65. The molecular weight excluding hydrogens is 298 g/mol. The zero-order chi connectivity index (χ0) is 16.4. The summed E-state index contributed by atoms with van der Waals surface area (Å²) >= 11 is 0. The van der Waals surface area contributed by atoms with Crippen LogP contribution < -0.4 is 11.1 Å². The third-order valence-corrected chi connectivity index (χ3v) is 4.00. The van der Waals surface area contributed by atoms with Crippen LogP contribution in [0.2, 0.25) is 0 Å². The summed E-state index contributed by atoms with van der Waals surface area (Å²) in [5, 5.41) is 2.82. The van der Waals surface area contributed by atoms with Crippen molar-refractivity contribution in [2.75, 3.05) is 25.0 Å². The van der Waals surface area contributed by atoms with Gasteiger partial charge in [-0.3, -0.25) is 14.4 Å². The van der Waals surface area contributed by atoms with E-state index in [0.29, 0.717) is 17.8 Å². The third-order valence-electron chi connectivity index (χ3n) is 4.00. The molecule has 3 N–H and O–H groups in total. The van der Waals surface area contributed by atoms with Crippen molar-refractivity contribution < 1.29 is 19.1 Å². The molecule has 1 atom stereocenters. The molecule has 2 fully saturated rings. The number of amides is 3. The number of primary amides is 1. The molecule has 122 valence electrons. The van der Waals surface area contributed by atoms with Crippen LogP contribution in [0.4, 0.5) is 5.69 Å². The molecule has 0 radical (unpaired) electrons. The Morgan fingerprint density at radius 2 is 2.04 bits per heavy atom. The van der Waals surface area contributed by atoms with Crippen molar-refractivity contribution in [3.8, 4) is 0 Å². The molecule has 1 aliphatic carbocycles. The van der Waals surface area contributed by atoms with E-state index in [1.165, 1.54) is 0 Å². The SMILES string of the molecule is NC(=O)C1CN(C(=O)c2cccc(NC(=O)C3CC3)c2)CCO1. The lowest BCUT2D eigenvalue weighted by atomic mass is 10.1. The summed E-state index contributed by atoms with van der Waals surface area (Å²) in [6, 6.07) is 6.81. The summed E-state index contributed by atoms with van der Waals surface area (Å²) in [7, 11) is 0. The number of nitrogens with one attached hydrogen (secondary N) is 1. The molecule has 1 saturated heterocycles. The van der Waals surface area contributed by atoms with Crippen molar-refractivity contribution in [3.05, 3.63) is 29.8 Å². The molecule has 1 heterocycles. The molecule has 1 aromatic carbocycles. The average Bonchev–Trinajstić information content (AvgIpc) is 3.39. The molecule has 1 saturated carbocycles. The number of morpholine rings is 1. The number of carbonyl (C=O) groups is 3. The van der Waals surface area contributed by atoms with Gasteiger partial charge in [-0.25, -0.2) is 0 Å². The summed E-state index contributed by atoms with van der Waals surface area (Å²) in [5.74, 6) is -0.685.